The Morgan fingerprint density at radius 3 is 2.90 bits per heavy atom. The Morgan fingerprint density at radius 1 is 1.45 bits per heavy atom. The topological polar surface area (TPSA) is 74.1 Å². The predicted molar refractivity (Wildman–Crippen MR) is 74.5 cm³/mol. The lowest BCUT2D eigenvalue weighted by atomic mass is 10.2. The monoisotopic (exact) mass is 315 g/mol. The van der Waals surface area contributed by atoms with Crippen LogP contribution in [0.1, 0.15) is 25.5 Å². The zero-order valence-corrected chi connectivity index (χ0v) is 12.5. The van der Waals surface area contributed by atoms with Gasteiger partial charge < -0.3 is 4.74 Å². The van der Waals surface area contributed by atoms with Gasteiger partial charge in [-0.05, 0) is 19.3 Å². The van der Waals surface area contributed by atoms with Gasteiger partial charge in [-0.15, -0.1) is 0 Å². The molecule has 0 amide bonds. The van der Waals surface area contributed by atoms with Crippen molar-refractivity contribution in [2.75, 3.05) is 12.9 Å². The molecule has 0 N–H and O–H groups in total. The lowest BCUT2D eigenvalue weighted by molar-refractivity contribution is -0.0373. The van der Waals surface area contributed by atoms with Gasteiger partial charge in [0.05, 0.1) is 10.9 Å². The van der Waals surface area contributed by atoms with E-state index in [0.717, 1.165) is 25.5 Å². The van der Waals surface area contributed by atoms with Crippen LogP contribution in [-0.2, 0) is 14.6 Å². The Bertz CT molecular complexity index is 751. The smallest absolute Gasteiger partial charge is 0.195 e. The molecule has 0 radical (unpaired) electrons. The minimum Gasteiger partial charge on any atom is -0.356 e. The Labute approximate surface area is 121 Å². The molecule has 20 heavy (non-hydrogen) atoms. The molecular weight excluding hydrogens is 302 g/mol. The van der Waals surface area contributed by atoms with E-state index in [4.69, 9.17) is 16.3 Å². The minimum atomic E-state index is -3.43. The van der Waals surface area contributed by atoms with E-state index in [0.29, 0.717) is 22.7 Å². The summed E-state index contributed by atoms with van der Waals surface area (Å²) in [7, 11) is -3.43. The van der Waals surface area contributed by atoms with E-state index >= 15 is 0 Å². The second-order valence-corrected chi connectivity index (χ2v) is 7.19. The predicted octanol–water partition coefficient (Wildman–Crippen LogP) is 2.19. The van der Waals surface area contributed by atoms with Gasteiger partial charge >= 0.3 is 0 Å². The van der Waals surface area contributed by atoms with Crippen molar-refractivity contribution in [1.29, 1.82) is 0 Å². The van der Waals surface area contributed by atoms with Gasteiger partial charge in [0.1, 0.15) is 5.15 Å². The summed E-state index contributed by atoms with van der Waals surface area (Å²) in [6.07, 6.45) is 5.17. The number of sulfone groups is 1. The Hall–Kier alpha value is -1.18. The molecule has 1 aliphatic rings. The molecule has 2 aromatic rings. The Kier molecular flexibility index (Phi) is 3.43. The number of rotatable bonds is 2. The van der Waals surface area contributed by atoms with Crippen LogP contribution in [-0.4, -0.2) is 36.0 Å². The number of fused-ring (bicyclic) bond motifs is 1. The quantitative estimate of drug-likeness (QED) is 0.794. The van der Waals surface area contributed by atoms with Crippen LogP contribution in [0.15, 0.2) is 17.3 Å². The number of halogens is 1. The zero-order chi connectivity index (χ0) is 14.3. The highest BCUT2D eigenvalue weighted by atomic mass is 35.5. The molecule has 0 aliphatic carbocycles. The van der Waals surface area contributed by atoms with Gasteiger partial charge in [-0.3, -0.25) is 0 Å². The van der Waals surface area contributed by atoms with Crippen molar-refractivity contribution in [3.8, 4) is 0 Å². The van der Waals surface area contributed by atoms with Gasteiger partial charge in [0.25, 0.3) is 0 Å². The maximum atomic E-state index is 11.9. The van der Waals surface area contributed by atoms with Crippen LogP contribution in [0.25, 0.3) is 10.9 Å². The molecule has 6 nitrogen and oxygen atoms in total. The molecule has 0 spiro atoms. The third-order valence-corrected chi connectivity index (χ3v) is 4.51. The standard InChI is InChI=1S/C12H14ClN3O3S/c1-20(17,18)12-8-7-14-10(13)6-9(8)16(15-12)11-4-2-3-5-19-11/h6-7,11H,2-5H2,1H3. The van der Waals surface area contributed by atoms with E-state index in [1.165, 1.54) is 6.20 Å². The average Bonchev–Trinajstić information content (AvgIpc) is 2.78. The molecule has 0 saturated carbocycles. The molecule has 3 rings (SSSR count). The number of pyridine rings is 1. The van der Waals surface area contributed by atoms with Crippen molar-refractivity contribution in [3.05, 3.63) is 17.4 Å². The molecule has 1 unspecified atom stereocenters. The molecule has 0 aromatic carbocycles. The number of ether oxygens (including phenoxy) is 1. The van der Waals surface area contributed by atoms with Gasteiger partial charge in [0, 0.05) is 25.1 Å². The summed E-state index contributed by atoms with van der Waals surface area (Å²) in [4.78, 5) is 3.95. The van der Waals surface area contributed by atoms with Crippen LogP contribution in [0.2, 0.25) is 5.15 Å². The first kappa shape index (κ1) is 13.8. The van der Waals surface area contributed by atoms with Crippen molar-refractivity contribution in [2.45, 2.75) is 30.5 Å². The molecule has 1 saturated heterocycles. The van der Waals surface area contributed by atoms with Gasteiger partial charge in [-0.25, -0.2) is 18.1 Å². The lowest BCUT2D eigenvalue weighted by Crippen LogP contribution is -2.19. The fourth-order valence-corrected chi connectivity index (χ4v) is 3.34. The first-order valence-corrected chi connectivity index (χ1v) is 8.59. The van der Waals surface area contributed by atoms with E-state index in [9.17, 15) is 8.42 Å². The summed E-state index contributed by atoms with van der Waals surface area (Å²) in [5.41, 5.74) is 0.636. The molecule has 0 bridgehead atoms. The molecule has 1 atom stereocenters. The number of nitrogens with zero attached hydrogens (tertiary/aromatic N) is 3. The number of aromatic nitrogens is 3. The summed E-state index contributed by atoms with van der Waals surface area (Å²) in [5.74, 6) is 0. The highest BCUT2D eigenvalue weighted by Crippen LogP contribution is 2.30. The van der Waals surface area contributed by atoms with Crippen LogP contribution in [0, 0.1) is 0 Å². The summed E-state index contributed by atoms with van der Waals surface area (Å²) in [5, 5.41) is 5.03. The number of hydrogen-bond donors (Lipinski definition) is 0. The fraction of sp³-hybridized carbons (Fsp3) is 0.500. The van der Waals surface area contributed by atoms with E-state index < -0.39 is 9.84 Å². The first-order chi connectivity index (χ1) is 9.47. The van der Waals surface area contributed by atoms with Crippen molar-refractivity contribution in [3.63, 3.8) is 0 Å². The molecule has 2 aromatic heterocycles. The van der Waals surface area contributed by atoms with Crippen LogP contribution in [0.5, 0.6) is 0 Å². The van der Waals surface area contributed by atoms with Crippen LogP contribution < -0.4 is 0 Å². The lowest BCUT2D eigenvalue weighted by Gasteiger charge is -2.23. The second kappa shape index (κ2) is 4.98. The normalized spacial score (nSPS) is 20.4. The summed E-state index contributed by atoms with van der Waals surface area (Å²) < 4.78 is 31.0. The van der Waals surface area contributed by atoms with Gasteiger partial charge in [-0.2, -0.15) is 5.10 Å². The van der Waals surface area contributed by atoms with Crippen LogP contribution in [0.4, 0.5) is 0 Å². The third kappa shape index (κ3) is 2.41. The van der Waals surface area contributed by atoms with Crippen molar-refractivity contribution in [2.24, 2.45) is 0 Å². The Balaban J connectivity index is 2.23. The van der Waals surface area contributed by atoms with Gasteiger partial charge in [-0.1, -0.05) is 11.6 Å². The van der Waals surface area contributed by atoms with Crippen molar-refractivity contribution < 1.29 is 13.2 Å². The highest BCUT2D eigenvalue weighted by Gasteiger charge is 2.25. The molecule has 1 aliphatic heterocycles. The van der Waals surface area contributed by atoms with Crippen LogP contribution in [0.3, 0.4) is 0 Å². The van der Waals surface area contributed by atoms with Crippen molar-refractivity contribution in [1.82, 2.24) is 14.8 Å². The second-order valence-electron chi connectivity index (χ2n) is 4.87. The summed E-state index contributed by atoms with van der Waals surface area (Å²) >= 11 is 5.91. The molecule has 108 valence electrons. The summed E-state index contributed by atoms with van der Waals surface area (Å²) in [6.45, 7) is 0.652. The SMILES string of the molecule is CS(=O)(=O)c1nn(C2CCCCO2)c2cc(Cl)ncc12. The van der Waals surface area contributed by atoms with E-state index in [1.807, 2.05) is 0 Å². The highest BCUT2D eigenvalue weighted by molar-refractivity contribution is 7.90. The molecule has 8 heteroatoms. The molecule has 1 fully saturated rings. The maximum Gasteiger partial charge on any atom is 0.195 e. The van der Waals surface area contributed by atoms with Gasteiger partial charge in [0.2, 0.25) is 0 Å². The van der Waals surface area contributed by atoms with Crippen LogP contribution >= 0.6 is 11.6 Å². The van der Waals surface area contributed by atoms with E-state index in [2.05, 4.69) is 10.1 Å². The average molecular weight is 316 g/mol. The first-order valence-electron chi connectivity index (χ1n) is 6.32. The van der Waals surface area contributed by atoms with E-state index in [1.54, 1.807) is 10.7 Å². The number of hydrogen-bond acceptors (Lipinski definition) is 5. The zero-order valence-electron chi connectivity index (χ0n) is 10.9. The van der Waals surface area contributed by atoms with E-state index in [-0.39, 0.29) is 11.3 Å². The third-order valence-electron chi connectivity index (χ3n) is 3.30. The molecular formula is C12H14ClN3O3S. The molecule has 3 heterocycles. The Morgan fingerprint density at radius 2 is 2.25 bits per heavy atom. The maximum absolute atomic E-state index is 11.9. The summed E-state index contributed by atoms with van der Waals surface area (Å²) in [6, 6.07) is 1.62. The largest absolute Gasteiger partial charge is 0.356 e. The minimum absolute atomic E-state index is 0.0193. The fourth-order valence-electron chi connectivity index (χ4n) is 2.39. The van der Waals surface area contributed by atoms with Crippen molar-refractivity contribution >= 4 is 32.3 Å². The van der Waals surface area contributed by atoms with Gasteiger partial charge in [0.15, 0.2) is 21.1 Å².